The van der Waals surface area contributed by atoms with E-state index in [-0.39, 0.29) is 6.54 Å². The second-order valence-electron chi connectivity index (χ2n) is 5.29. The monoisotopic (exact) mass is 334 g/mol. The van der Waals surface area contributed by atoms with E-state index in [0.717, 1.165) is 4.90 Å². The summed E-state index contributed by atoms with van der Waals surface area (Å²) in [6, 6.07) is 4.57. The number of rotatable bonds is 3. The Balaban J connectivity index is 1.99. The van der Waals surface area contributed by atoms with Gasteiger partial charge in [0.25, 0.3) is 0 Å². The highest BCUT2D eigenvalue weighted by Crippen LogP contribution is 2.37. The highest BCUT2D eigenvalue weighted by molar-refractivity contribution is 5.77. The Kier molecular flexibility index (Phi) is 4.76. The van der Waals surface area contributed by atoms with Crippen molar-refractivity contribution in [2.24, 2.45) is 11.8 Å². The number of alkyl halides is 3. The lowest BCUT2D eigenvalue weighted by atomic mass is 9.96. The molecule has 2 N–H and O–H groups in total. The number of carbonyl (C=O) groups excluding carboxylic acids is 1. The van der Waals surface area contributed by atoms with Gasteiger partial charge in [-0.25, -0.2) is 9.18 Å². The van der Waals surface area contributed by atoms with Crippen molar-refractivity contribution in [3.8, 4) is 0 Å². The molecule has 1 aromatic carbocycles. The standard InChI is InChI=1S/C14H14F4N2O3/c15-9-3-1-2-8(4-9)5-19-13(23)20-6-10(12(21)22)11(7-20)14(16,17)18/h1-4,10-11H,5-7H2,(H,19,23)(H,21,22)/t10-,11-/m1/s1. The summed E-state index contributed by atoms with van der Waals surface area (Å²) in [6.45, 7) is -1.30. The van der Waals surface area contributed by atoms with E-state index < -0.39 is 48.9 Å². The number of benzene rings is 1. The Labute approximate surface area is 128 Å². The summed E-state index contributed by atoms with van der Waals surface area (Å²) in [5.74, 6) is -5.87. The fraction of sp³-hybridized carbons (Fsp3) is 0.429. The second-order valence-corrected chi connectivity index (χ2v) is 5.29. The van der Waals surface area contributed by atoms with Gasteiger partial charge >= 0.3 is 18.2 Å². The molecule has 2 atom stereocenters. The summed E-state index contributed by atoms with van der Waals surface area (Å²) in [5, 5.41) is 11.2. The first-order valence-corrected chi connectivity index (χ1v) is 6.75. The summed E-state index contributed by atoms with van der Waals surface area (Å²) in [7, 11) is 0. The molecule has 2 rings (SSSR count). The first-order valence-electron chi connectivity index (χ1n) is 6.75. The molecule has 1 heterocycles. The van der Waals surface area contributed by atoms with Gasteiger partial charge in [0, 0.05) is 19.6 Å². The largest absolute Gasteiger partial charge is 0.481 e. The van der Waals surface area contributed by atoms with E-state index in [1.165, 1.54) is 18.2 Å². The van der Waals surface area contributed by atoms with Crippen LogP contribution < -0.4 is 5.32 Å². The number of aliphatic carboxylic acids is 1. The number of nitrogens with zero attached hydrogens (tertiary/aromatic N) is 1. The van der Waals surface area contributed by atoms with Crippen molar-refractivity contribution in [2.75, 3.05) is 13.1 Å². The Morgan fingerprint density at radius 3 is 2.52 bits per heavy atom. The van der Waals surface area contributed by atoms with Crippen LogP contribution in [0.2, 0.25) is 0 Å². The third kappa shape index (κ3) is 4.11. The normalized spacial score (nSPS) is 21.3. The Morgan fingerprint density at radius 1 is 1.30 bits per heavy atom. The zero-order chi connectivity index (χ0) is 17.2. The van der Waals surface area contributed by atoms with Gasteiger partial charge in [-0.3, -0.25) is 4.79 Å². The molecule has 0 radical (unpaired) electrons. The Hall–Kier alpha value is -2.32. The SMILES string of the molecule is O=C(O)[C@@H]1CN(C(=O)NCc2cccc(F)c2)C[C@H]1C(F)(F)F. The number of carboxylic acid groups (broad SMARTS) is 1. The van der Waals surface area contributed by atoms with Crippen molar-refractivity contribution in [3.05, 3.63) is 35.6 Å². The van der Waals surface area contributed by atoms with Crippen molar-refractivity contribution in [2.45, 2.75) is 12.7 Å². The van der Waals surface area contributed by atoms with Crippen LogP contribution in [0.5, 0.6) is 0 Å². The van der Waals surface area contributed by atoms with Crippen molar-refractivity contribution >= 4 is 12.0 Å². The lowest BCUT2D eigenvalue weighted by molar-refractivity contribution is -0.187. The zero-order valence-electron chi connectivity index (χ0n) is 11.8. The maximum Gasteiger partial charge on any atom is 0.394 e. The van der Waals surface area contributed by atoms with Crippen LogP contribution in [0.3, 0.4) is 0 Å². The molecule has 0 spiro atoms. The summed E-state index contributed by atoms with van der Waals surface area (Å²) < 4.78 is 51.5. The highest BCUT2D eigenvalue weighted by atomic mass is 19.4. The molecule has 23 heavy (non-hydrogen) atoms. The van der Waals surface area contributed by atoms with Crippen molar-refractivity contribution < 1.29 is 32.3 Å². The van der Waals surface area contributed by atoms with E-state index in [2.05, 4.69) is 5.32 Å². The molecule has 126 valence electrons. The van der Waals surface area contributed by atoms with Gasteiger partial charge in [0.2, 0.25) is 0 Å². The summed E-state index contributed by atoms with van der Waals surface area (Å²) in [6.07, 6.45) is -4.69. The number of nitrogens with one attached hydrogen (secondary N) is 1. The van der Waals surface area contributed by atoms with E-state index >= 15 is 0 Å². The van der Waals surface area contributed by atoms with Gasteiger partial charge in [0.1, 0.15) is 5.82 Å². The van der Waals surface area contributed by atoms with Crippen LogP contribution in [0.25, 0.3) is 0 Å². The number of carboxylic acids is 1. The highest BCUT2D eigenvalue weighted by Gasteiger charge is 2.53. The van der Waals surface area contributed by atoms with Gasteiger partial charge in [0.05, 0.1) is 11.8 Å². The molecule has 1 saturated heterocycles. The second kappa shape index (κ2) is 6.43. The number of amides is 2. The topological polar surface area (TPSA) is 69.6 Å². The first-order chi connectivity index (χ1) is 10.7. The van der Waals surface area contributed by atoms with Crippen molar-refractivity contribution in [1.82, 2.24) is 10.2 Å². The minimum absolute atomic E-state index is 0.0679. The van der Waals surface area contributed by atoms with Crippen molar-refractivity contribution in [1.29, 1.82) is 0 Å². The number of hydrogen-bond acceptors (Lipinski definition) is 2. The van der Waals surface area contributed by atoms with Gasteiger partial charge in [-0.05, 0) is 17.7 Å². The summed E-state index contributed by atoms with van der Waals surface area (Å²) in [4.78, 5) is 23.7. The van der Waals surface area contributed by atoms with Crippen LogP contribution in [0.15, 0.2) is 24.3 Å². The quantitative estimate of drug-likeness (QED) is 0.833. The lowest BCUT2D eigenvalue weighted by Crippen LogP contribution is -2.39. The number of carbonyl (C=O) groups is 2. The van der Waals surface area contributed by atoms with Crippen LogP contribution in [-0.2, 0) is 11.3 Å². The van der Waals surface area contributed by atoms with Crippen LogP contribution in [0, 0.1) is 17.7 Å². The molecule has 0 saturated carbocycles. The smallest absolute Gasteiger partial charge is 0.394 e. The van der Waals surface area contributed by atoms with E-state index in [4.69, 9.17) is 5.11 Å². The van der Waals surface area contributed by atoms with Crippen LogP contribution >= 0.6 is 0 Å². The van der Waals surface area contributed by atoms with Crippen molar-refractivity contribution in [3.63, 3.8) is 0 Å². The third-order valence-corrected chi connectivity index (χ3v) is 3.68. The van der Waals surface area contributed by atoms with Gasteiger partial charge in [-0.1, -0.05) is 12.1 Å². The van der Waals surface area contributed by atoms with Crippen LogP contribution in [0.4, 0.5) is 22.4 Å². The number of likely N-dealkylation sites (tertiary alicyclic amines) is 1. The van der Waals surface area contributed by atoms with Gasteiger partial charge < -0.3 is 15.3 Å². The predicted octanol–water partition coefficient (Wildman–Crippen LogP) is 2.23. The fourth-order valence-electron chi connectivity index (χ4n) is 2.49. The van der Waals surface area contributed by atoms with E-state index in [1.54, 1.807) is 6.07 Å². The molecule has 5 nitrogen and oxygen atoms in total. The third-order valence-electron chi connectivity index (χ3n) is 3.68. The Bertz CT molecular complexity index is 606. The maximum atomic E-state index is 13.0. The molecule has 1 aliphatic rings. The fourth-order valence-corrected chi connectivity index (χ4v) is 2.49. The molecule has 1 aromatic rings. The zero-order valence-corrected chi connectivity index (χ0v) is 11.8. The molecule has 0 aromatic heterocycles. The number of urea groups is 1. The number of halogens is 4. The van der Waals surface area contributed by atoms with Gasteiger partial charge in [0.15, 0.2) is 0 Å². The molecule has 1 fully saturated rings. The van der Waals surface area contributed by atoms with Crippen LogP contribution in [-0.4, -0.2) is 41.3 Å². The molecular formula is C14H14F4N2O3. The maximum absolute atomic E-state index is 13.0. The van der Waals surface area contributed by atoms with E-state index in [9.17, 15) is 27.2 Å². The molecule has 9 heteroatoms. The van der Waals surface area contributed by atoms with Crippen LogP contribution in [0.1, 0.15) is 5.56 Å². The minimum Gasteiger partial charge on any atom is -0.481 e. The summed E-state index contributed by atoms with van der Waals surface area (Å²) in [5.41, 5.74) is 0.444. The average Bonchev–Trinajstić information content (AvgIpc) is 2.90. The predicted molar refractivity (Wildman–Crippen MR) is 70.9 cm³/mol. The van der Waals surface area contributed by atoms with Gasteiger partial charge in [-0.2, -0.15) is 13.2 Å². The molecule has 1 aliphatic heterocycles. The first kappa shape index (κ1) is 17.0. The number of hydrogen-bond donors (Lipinski definition) is 2. The minimum atomic E-state index is -4.69. The van der Waals surface area contributed by atoms with E-state index in [0.29, 0.717) is 5.56 Å². The molecule has 0 aliphatic carbocycles. The Morgan fingerprint density at radius 2 is 2.00 bits per heavy atom. The molecule has 0 unspecified atom stereocenters. The molecular weight excluding hydrogens is 320 g/mol. The lowest BCUT2D eigenvalue weighted by Gasteiger charge is -2.18. The summed E-state index contributed by atoms with van der Waals surface area (Å²) >= 11 is 0. The van der Waals surface area contributed by atoms with Gasteiger partial charge in [-0.15, -0.1) is 0 Å². The molecule has 0 bridgehead atoms. The average molecular weight is 334 g/mol. The molecule has 2 amide bonds. The van der Waals surface area contributed by atoms with E-state index in [1.807, 2.05) is 0 Å².